The van der Waals surface area contributed by atoms with Crippen LogP contribution in [0.2, 0.25) is 0 Å². The van der Waals surface area contributed by atoms with Gasteiger partial charge in [0.1, 0.15) is 33.2 Å². The fourth-order valence-electron chi connectivity index (χ4n) is 2.89. The molecule has 0 heterocycles. The largest absolute Gasteiger partial charge is 0.417 e. The Bertz CT molecular complexity index is 493. The number of unbranched alkanes of at least 4 members (excludes halogenated alkanes) is 2. The van der Waals surface area contributed by atoms with Gasteiger partial charge in [-0.1, -0.05) is 39.5 Å². The lowest BCUT2D eigenvalue weighted by Crippen LogP contribution is -2.55. The Labute approximate surface area is 192 Å². The van der Waals surface area contributed by atoms with Crippen molar-refractivity contribution >= 4 is 73.3 Å². The average Bonchev–Trinajstić information content (AvgIpc) is 2.72. The Kier molecular flexibility index (Phi) is 15.4. The molecule has 0 saturated carbocycles. The molecular formula is C12H38O10SSi6. The maximum absolute atomic E-state index is 12.9. The van der Waals surface area contributed by atoms with Crippen molar-refractivity contribution < 1.29 is 43.3 Å². The Morgan fingerprint density at radius 3 is 1.21 bits per heavy atom. The summed E-state index contributed by atoms with van der Waals surface area (Å²) >= 11 is 0. The Hall–Kier alpha value is 0.931. The van der Waals surface area contributed by atoms with Gasteiger partial charge >= 0.3 is 22.3 Å². The third-order valence-electron chi connectivity index (χ3n) is 4.57. The van der Waals surface area contributed by atoms with E-state index in [4.69, 9.17) is 34.9 Å². The summed E-state index contributed by atoms with van der Waals surface area (Å²) in [7, 11) is -3.23. The van der Waals surface area contributed by atoms with Gasteiger partial charge in [-0.3, -0.25) is 0 Å². The summed E-state index contributed by atoms with van der Waals surface area (Å²) in [6.07, 6.45) is 3.12. The highest BCUT2D eigenvalue weighted by atomic mass is 32.3. The van der Waals surface area contributed by atoms with Crippen molar-refractivity contribution in [3.05, 3.63) is 0 Å². The van der Waals surface area contributed by atoms with E-state index in [1.807, 2.05) is 13.8 Å². The normalized spacial score (nSPS) is 19.4. The molecule has 0 N–H and O–H groups in total. The van der Waals surface area contributed by atoms with E-state index in [0.29, 0.717) is 33.8 Å². The maximum Gasteiger partial charge on any atom is 0.409 e. The molecule has 0 aliphatic carbocycles. The van der Waals surface area contributed by atoms with Gasteiger partial charge in [-0.05, 0) is 12.8 Å². The molecular weight excluding hydrogens is 505 g/mol. The van der Waals surface area contributed by atoms with Crippen molar-refractivity contribution in [1.29, 1.82) is 0 Å². The number of hydrogen-bond acceptors (Lipinski definition) is 10. The van der Waals surface area contributed by atoms with Crippen LogP contribution in [0.25, 0.3) is 0 Å². The Balaban J connectivity index is 5.79. The monoisotopic (exact) mass is 542 g/mol. The molecule has 0 amide bonds. The van der Waals surface area contributed by atoms with Gasteiger partial charge in [-0.15, -0.1) is 0 Å². The standard InChI is InChI=1S/C12H38O10SSi6/c1-3-5-7-9(15-24)11(19-26,20-27)17-23(13,14)18-12(21-28,22-29)10(16-25)8-6-4-2/h9-10H,3-8H2,1-2,24-29H3. The van der Waals surface area contributed by atoms with E-state index in [2.05, 4.69) is 0 Å². The van der Waals surface area contributed by atoms with Gasteiger partial charge in [0.15, 0.2) is 41.9 Å². The minimum atomic E-state index is -4.65. The van der Waals surface area contributed by atoms with Gasteiger partial charge in [0.05, 0.1) is 0 Å². The van der Waals surface area contributed by atoms with Crippen LogP contribution in [0.3, 0.4) is 0 Å². The van der Waals surface area contributed by atoms with Crippen LogP contribution in [0.1, 0.15) is 52.4 Å². The molecule has 17 heteroatoms. The first-order valence-corrected chi connectivity index (χ1v) is 15.9. The molecule has 0 aliphatic heterocycles. The van der Waals surface area contributed by atoms with Crippen molar-refractivity contribution in [2.75, 3.05) is 0 Å². The predicted molar refractivity (Wildman–Crippen MR) is 129 cm³/mol. The summed E-state index contributed by atoms with van der Waals surface area (Å²) in [4.78, 5) is 0. The molecule has 0 aromatic rings. The van der Waals surface area contributed by atoms with Gasteiger partial charge in [-0.25, -0.2) is 0 Å². The molecule has 176 valence electrons. The van der Waals surface area contributed by atoms with Crippen molar-refractivity contribution in [3.63, 3.8) is 0 Å². The minimum absolute atomic E-state index is 0.172. The van der Waals surface area contributed by atoms with Gasteiger partial charge < -0.3 is 26.6 Å². The van der Waals surface area contributed by atoms with E-state index in [1.54, 1.807) is 0 Å². The van der Waals surface area contributed by atoms with E-state index < -0.39 is 34.6 Å². The molecule has 2 atom stereocenters. The lowest BCUT2D eigenvalue weighted by Gasteiger charge is -2.40. The highest BCUT2D eigenvalue weighted by Gasteiger charge is 2.50. The highest BCUT2D eigenvalue weighted by molar-refractivity contribution is 7.81. The van der Waals surface area contributed by atoms with E-state index in [0.717, 1.165) is 25.7 Å². The summed E-state index contributed by atoms with van der Waals surface area (Å²) in [6.45, 7) is 4.05. The third kappa shape index (κ3) is 8.76. The molecule has 0 bridgehead atoms. The molecule has 0 aromatic carbocycles. The molecule has 0 fully saturated rings. The van der Waals surface area contributed by atoms with Crippen LogP contribution < -0.4 is 0 Å². The zero-order valence-electron chi connectivity index (χ0n) is 18.9. The molecule has 10 nitrogen and oxygen atoms in total. The van der Waals surface area contributed by atoms with Crippen LogP contribution >= 0.6 is 0 Å². The van der Waals surface area contributed by atoms with E-state index in [1.165, 1.54) is 0 Å². The molecule has 0 aliphatic rings. The maximum atomic E-state index is 12.9. The second-order valence-corrected chi connectivity index (χ2v) is 10.1. The fraction of sp³-hybridized carbons (Fsp3) is 1.00. The minimum Gasteiger partial charge on any atom is -0.417 e. The van der Waals surface area contributed by atoms with Crippen LogP contribution in [-0.2, 0) is 45.3 Å². The lowest BCUT2D eigenvalue weighted by molar-refractivity contribution is -0.320. The van der Waals surface area contributed by atoms with E-state index in [-0.39, 0.29) is 41.9 Å². The second-order valence-electron chi connectivity index (χ2n) is 6.33. The summed E-state index contributed by atoms with van der Waals surface area (Å²) in [5, 5.41) is 0. The number of rotatable bonds is 18. The van der Waals surface area contributed by atoms with Crippen LogP contribution in [0.5, 0.6) is 0 Å². The second kappa shape index (κ2) is 14.9. The molecule has 0 spiro atoms. The molecule has 0 saturated heterocycles. The first kappa shape index (κ1) is 29.9. The van der Waals surface area contributed by atoms with E-state index in [9.17, 15) is 8.42 Å². The Morgan fingerprint density at radius 2 is 1.00 bits per heavy atom. The number of hydrogen-bond donors (Lipinski definition) is 0. The molecule has 0 rings (SSSR count). The van der Waals surface area contributed by atoms with Crippen LogP contribution in [0, 0.1) is 0 Å². The highest BCUT2D eigenvalue weighted by Crippen LogP contribution is 2.32. The predicted octanol–water partition coefficient (Wildman–Crippen LogP) is -5.53. The summed E-state index contributed by atoms with van der Waals surface area (Å²) in [5.74, 6) is -3.73. The first-order valence-electron chi connectivity index (χ1n) is 9.62. The van der Waals surface area contributed by atoms with Gasteiger partial charge in [-0.2, -0.15) is 16.8 Å². The lowest BCUT2D eigenvalue weighted by atomic mass is 10.1. The fourth-order valence-corrected chi connectivity index (χ4v) is 8.23. The topological polar surface area (TPSA) is 108 Å². The van der Waals surface area contributed by atoms with Gasteiger partial charge in [0.25, 0.3) is 0 Å². The molecule has 2 unspecified atom stereocenters. The summed E-state index contributed by atoms with van der Waals surface area (Å²) in [6, 6.07) is 0. The van der Waals surface area contributed by atoms with Crippen LogP contribution in [0.15, 0.2) is 0 Å². The molecule has 0 radical (unpaired) electrons. The third-order valence-corrected chi connectivity index (χ3v) is 8.86. The van der Waals surface area contributed by atoms with Gasteiger partial charge in [0, 0.05) is 0 Å². The Morgan fingerprint density at radius 1 is 0.690 bits per heavy atom. The smallest absolute Gasteiger partial charge is 0.409 e. The van der Waals surface area contributed by atoms with E-state index >= 15 is 0 Å². The quantitative estimate of drug-likeness (QED) is 0.123. The van der Waals surface area contributed by atoms with Crippen molar-refractivity contribution in [1.82, 2.24) is 0 Å². The van der Waals surface area contributed by atoms with Crippen molar-refractivity contribution in [3.8, 4) is 0 Å². The van der Waals surface area contributed by atoms with Crippen molar-refractivity contribution in [2.45, 2.75) is 76.5 Å². The van der Waals surface area contributed by atoms with Crippen LogP contribution in [0.4, 0.5) is 0 Å². The first-order chi connectivity index (χ1) is 13.7. The summed E-state index contributed by atoms with van der Waals surface area (Å²) in [5.41, 5.74) is 0. The average molecular weight is 543 g/mol. The SMILES string of the molecule is CCCCC(O[SiH3])C(O[SiH3])(O[SiH3])OS(=O)(=O)OC(O[SiH3])(O[SiH3])C(CCCC)O[SiH3]. The van der Waals surface area contributed by atoms with Crippen LogP contribution in [-0.4, -0.2) is 95.5 Å². The zero-order valence-corrected chi connectivity index (χ0v) is 31.7. The zero-order chi connectivity index (χ0) is 22.6. The molecule has 0 aromatic heterocycles. The molecule has 29 heavy (non-hydrogen) atoms. The van der Waals surface area contributed by atoms with Gasteiger partial charge in [0.2, 0.25) is 0 Å². The summed E-state index contributed by atoms with van der Waals surface area (Å²) < 4.78 is 69.5. The van der Waals surface area contributed by atoms with Crippen molar-refractivity contribution in [2.24, 2.45) is 0 Å².